The van der Waals surface area contributed by atoms with Gasteiger partial charge in [-0.1, -0.05) is 6.92 Å². The van der Waals surface area contributed by atoms with Crippen molar-refractivity contribution in [3.05, 3.63) is 17.7 Å². The third kappa shape index (κ3) is 4.04. The van der Waals surface area contributed by atoms with Gasteiger partial charge in [0.1, 0.15) is 0 Å². The lowest BCUT2D eigenvalue weighted by molar-refractivity contribution is -0.123. The van der Waals surface area contributed by atoms with Gasteiger partial charge in [-0.2, -0.15) is 0 Å². The number of aromatic amines is 1. The topological polar surface area (TPSA) is 79.0 Å². The Morgan fingerprint density at radius 2 is 2.47 bits per heavy atom. The molecule has 1 aromatic rings. The van der Waals surface area contributed by atoms with E-state index in [4.69, 9.17) is 4.74 Å². The van der Waals surface area contributed by atoms with Crippen LogP contribution in [0.25, 0.3) is 0 Å². The maximum Gasteiger partial charge on any atom is 0.237 e. The number of nitrogens with one attached hydrogen (secondary N) is 3. The maximum atomic E-state index is 12.0. The average molecular weight is 266 g/mol. The molecule has 0 bridgehead atoms. The summed E-state index contributed by atoms with van der Waals surface area (Å²) in [6.07, 6.45) is 4.21. The number of fused-ring (bicyclic) bond motifs is 1. The highest BCUT2D eigenvalue weighted by Crippen LogP contribution is 2.11. The molecule has 1 aromatic heterocycles. The molecule has 0 radical (unpaired) electrons. The molecule has 2 rings (SSSR count). The second-order valence-electron chi connectivity index (χ2n) is 4.72. The minimum absolute atomic E-state index is 0.0455. The zero-order valence-corrected chi connectivity index (χ0v) is 11.4. The summed E-state index contributed by atoms with van der Waals surface area (Å²) in [5, 5.41) is 6.14. The van der Waals surface area contributed by atoms with E-state index in [1.807, 2.05) is 0 Å². The van der Waals surface area contributed by atoms with Gasteiger partial charge in [0.05, 0.1) is 23.8 Å². The fraction of sp³-hybridized carbons (Fsp3) is 0.692. The standard InChI is InChI=1S/C13H22N4O2/c1-2-5-19-6-3-4-14-13(18)11-7-10-12(8-15-11)17-9-16-10/h9,11,15H,2-8H2,1H3,(H,14,18)(H,16,17). The molecule has 0 saturated heterocycles. The molecule has 1 aliphatic rings. The van der Waals surface area contributed by atoms with Crippen LogP contribution in [0.2, 0.25) is 0 Å². The average Bonchev–Trinajstić information content (AvgIpc) is 2.89. The SMILES string of the molecule is CCCOCCCNC(=O)C1Cc2nc[nH]c2CN1. The van der Waals surface area contributed by atoms with Gasteiger partial charge >= 0.3 is 0 Å². The van der Waals surface area contributed by atoms with Crippen molar-refractivity contribution < 1.29 is 9.53 Å². The third-order valence-electron chi connectivity index (χ3n) is 3.16. The summed E-state index contributed by atoms with van der Waals surface area (Å²) in [6, 6.07) is -0.174. The number of amides is 1. The van der Waals surface area contributed by atoms with Gasteiger partial charge in [0, 0.05) is 32.7 Å². The second-order valence-corrected chi connectivity index (χ2v) is 4.72. The van der Waals surface area contributed by atoms with Crippen LogP contribution < -0.4 is 10.6 Å². The van der Waals surface area contributed by atoms with Crippen molar-refractivity contribution in [2.75, 3.05) is 19.8 Å². The van der Waals surface area contributed by atoms with Gasteiger partial charge in [0.2, 0.25) is 5.91 Å². The molecular weight excluding hydrogens is 244 g/mol. The van der Waals surface area contributed by atoms with Gasteiger partial charge in [-0.25, -0.2) is 4.98 Å². The first-order valence-corrected chi connectivity index (χ1v) is 6.91. The number of hydrogen-bond acceptors (Lipinski definition) is 4. The number of nitrogens with zero attached hydrogens (tertiary/aromatic N) is 1. The van der Waals surface area contributed by atoms with Crippen LogP contribution in [0.1, 0.15) is 31.2 Å². The number of H-pyrrole nitrogens is 1. The summed E-state index contributed by atoms with van der Waals surface area (Å²) in [6.45, 7) is 4.91. The Morgan fingerprint density at radius 3 is 3.32 bits per heavy atom. The summed E-state index contributed by atoms with van der Waals surface area (Å²) < 4.78 is 5.37. The minimum Gasteiger partial charge on any atom is -0.381 e. The van der Waals surface area contributed by atoms with Crippen molar-refractivity contribution in [2.24, 2.45) is 0 Å². The van der Waals surface area contributed by atoms with E-state index in [0.717, 1.165) is 30.8 Å². The fourth-order valence-corrected chi connectivity index (χ4v) is 2.11. The van der Waals surface area contributed by atoms with Crippen molar-refractivity contribution in [3.8, 4) is 0 Å². The molecule has 0 saturated carbocycles. The van der Waals surface area contributed by atoms with Crippen LogP contribution in [-0.2, 0) is 22.5 Å². The fourth-order valence-electron chi connectivity index (χ4n) is 2.11. The first kappa shape index (κ1) is 14.0. The summed E-state index contributed by atoms with van der Waals surface area (Å²) in [4.78, 5) is 19.3. The zero-order valence-electron chi connectivity index (χ0n) is 11.4. The number of aromatic nitrogens is 2. The highest BCUT2D eigenvalue weighted by Gasteiger charge is 2.25. The van der Waals surface area contributed by atoms with E-state index < -0.39 is 0 Å². The lowest BCUT2D eigenvalue weighted by Gasteiger charge is -2.22. The van der Waals surface area contributed by atoms with Gasteiger partial charge in [-0.15, -0.1) is 0 Å². The smallest absolute Gasteiger partial charge is 0.237 e. The minimum atomic E-state index is -0.174. The maximum absolute atomic E-state index is 12.0. The molecule has 6 heteroatoms. The van der Waals surface area contributed by atoms with Crippen LogP contribution >= 0.6 is 0 Å². The zero-order chi connectivity index (χ0) is 13.5. The van der Waals surface area contributed by atoms with E-state index in [1.165, 1.54) is 0 Å². The molecule has 0 fully saturated rings. The summed E-state index contributed by atoms with van der Waals surface area (Å²) >= 11 is 0. The number of rotatable bonds is 7. The molecule has 106 valence electrons. The Bertz CT molecular complexity index is 405. The van der Waals surface area contributed by atoms with E-state index in [1.54, 1.807) is 6.33 Å². The predicted octanol–water partition coefficient (Wildman–Crippen LogP) is 0.357. The lowest BCUT2D eigenvalue weighted by Crippen LogP contribution is -2.48. The Balaban J connectivity index is 1.64. The van der Waals surface area contributed by atoms with Gasteiger partial charge in [0.25, 0.3) is 0 Å². The molecule has 0 aliphatic carbocycles. The predicted molar refractivity (Wildman–Crippen MR) is 71.7 cm³/mol. The first-order valence-electron chi connectivity index (χ1n) is 6.91. The Hall–Kier alpha value is -1.40. The number of ether oxygens (including phenoxy) is 1. The molecule has 1 amide bonds. The van der Waals surface area contributed by atoms with E-state index in [2.05, 4.69) is 27.5 Å². The molecule has 2 heterocycles. The summed E-state index contributed by atoms with van der Waals surface area (Å²) in [5.74, 6) is 0.0455. The number of imidazole rings is 1. The summed E-state index contributed by atoms with van der Waals surface area (Å²) in [7, 11) is 0. The Kier molecular flexibility index (Phi) is 5.35. The van der Waals surface area contributed by atoms with Crippen LogP contribution in [0.5, 0.6) is 0 Å². The van der Waals surface area contributed by atoms with Crippen molar-refractivity contribution in [1.29, 1.82) is 0 Å². The molecule has 6 nitrogen and oxygen atoms in total. The van der Waals surface area contributed by atoms with Crippen LogP contribution in [-0.4, -0.2) is 41.7 Å². The summed E-state index contributed by atoms with van der Waals surface area (Å²) in [5.41, 5.74) is 2.07. The normalized spacial score (nSPS) is 18.1. The van der Waals surface area contributed by atoms with Gasteiger partial charge in [0.15, 0.2) is 0 Å². The number of hydrogen-bond donors (Lipinski definition) is 3. The molecule has 0 aromatic carbocycles. The molecule has 1 unspecified atom stereocenters. The third-order valence-corrected chi connectivity index (χ3v) is 3.16. The molecule has 19 heavy (non-hydrogen) atoms. The van der Waals surface area contributed by atoms with Crippen LogP contribution in [0.15, 0.2) is 6.33 Å². The van der Waals surface area contributed by atoms with Crippen molar-refractivity contribution in [2.45, 2.75) is 38.8 Å². The van der Waals surface area contributed by atoms with E-state index >= 15 is 0 Å². The molecular formula is C13H22N4O2. The quantitative estimate of drug-likeness (QED) is 0.623. The Morgan fingerprint density at radius 1 is 1.58 bits per heavy atom. The second kappa shape index (κ2) is 7.25. The lowest BCUT2D eigenvalue weighted by atomic mass is 10.0. The monoisotopic (exact) mass is 266 g/mol. The molecule has 1 aliphatic heterocycles. The van der Waals surface area contributed by atoms with Gasteiger partial charge < -0.3 is 15.0 Å². The van der Waals surface area contributed by atoms with Crippen molar-refractivity contribution >= 4 is 5.91 Å². The Labute approximate surface area is 113 Å². The van der Waals surface area contributed by atoms with Crippen LogP contribution in [0.3, 0.4) is 0 Å². The van der Waals surface area contributed by atoms with E-state index in [0.29, 0.717) is 26.1 Å². The van der Waals surface area contributed by atoms with Gasteiger partial charge in [-0.05, 0) is 12.8 Å². The molecule has 3 N–H and O–H groups in total. The van der Waals surface area contributed by atoms with E-state index in [-0.39, 0.29) is 11.9 Å². The van der Waals surface area contributed by atoms with Crippen LogP contribution in [0.4, 0.5) is 0 Å². The highest BCUT2D eigenvalue weighted by atomic mass is 16.5. The van der Waals surface area contributed by atoms with Crippen molar-refractivity contribution in [1.82, 2.24) is 20.6 Å². The van der Waals surface area contributed by atoms with Crippen LogP contribution in [0, 0.1) is 0 Å². The van der Waals surface area contributed by atoms with Crippen molar-refractivity contribution in [3.63, 3.8) is 0 Å². The molecule has 0 spiro atoms. The largest absolute Gasteiger partial charge is 0.381 e. The molecule has 1 atom stereocenters. The first-order chi connectivity index (χ1) is 9.31. The highest BCUT2D eigenvalue weighted by molar-refractivity contribution is 5.82. The van der Waals surface area contributed by atoms with Gasteiger partial charge in [-0.3, -0.25) is 10.1 Å². The number of carbonyl (C=O) groups is 1. The van der Waals surface area contributed by atoms with E-state index in [9.17, 15) is 4.79 Å². The number of carbonyl (C=O) groups excluding carboxylic acids is 1.